The minimum atomic E-state index is -0.548. The molecule has 3 N–H and O–H groups in total. The molecule has 0 unspecified atom stereocenters. The van der Waals surface area contributed by atoms with Crippen molar-refractivity contribution in [3.05, 3.63) is 51.6 Å². The number of nitrogens with zero attached hydrogens (tertiary/aromatic N) is 2. The smallest absolute Gasteiger partial charge is 0.331 e. The van der Waals surface area contributed by atoms with Crippen LogP contribution in [0.25, 0.3) is 0 Å². The van der Waals surface area contributed by atoms with Crippen molar-refractivity contribution in [2.24, 2.45) is 5.84 Å². The molecule has 0 aliphatic carbocycles. The Labute approximate surface area is 115 Å². The second-order valence-electron chi connectivity index (χ2n) is 4.29. The van der Waals surface area contributed by atoms with Gasteiger partial charge in [-0.2, -0.15) is 4.98 Å². The van der Waals surface area contributed by atoms with Crippen molar-refractivity contribution in [2.45, 2.75) is 13.8 Å². The minimum Gasteiger partial charge on any atom is -0.433 e. The third-order valence-electron chi connectivity index (χ3n) is 2.74. The molecule has 0 spiro atoms. The number of nitrogen functional groups attached to an aromatic ring is 1. The molecule has 1 aromatic heterocycles. The fraction of sp³-hybridized carbons (Fsp3) is 0.154. The van der Waals surface area contributed by atoms with Gasteiger partial charge in [0.25, 0.3) is 0 Å². The second-order valence-corrected chi connectivity index (χ2v) is 4.29. The molecule has 0 atom stereocenters. The van der Waals surface area contributed by atoms with Crippen molar-refractivity contribution >= 4 is 11.5 Å². The van der Waals surface area contributed by atoms with Crippen molar-refractivity contribution < 1.29 is 9.66 Å². The summed E-state index contributed by atoms with van der Waals surface area (Å²) < 4.78 is 5.58. The summed E-state index contributed by atoms with van der Waals surface area (Å²) in [6.45, 7) is 3.76. The molecule has 20 heavy (non-hydrogen) atoms. The van der Waals surface area contributed by atoms with Crippen LogP contribution in [0.1, 0.15) is 11.1 Å². The molecule has 0 amide bonds. The van der Waals surface area contributed by atoms with Gasteiger partial charge >= 0.3 is 11.6 Å². The number of hydrogen-bond acceptors (Lipinski definition) is 6. The first kappa shape index (κ1) is 13.8. The van der Waals surface area contributed by atoms with Crippen LogP contribution in [-0.4, -0.2) is 9.91 Å². The Morgan fingerprint density at radius 2 is 2.05 bits per heavy atom. The third-order valence-corrected chi connectivity index (χ3v) is 2.74. The van der Waals surface area contributed by atoms with Gasteiger partial charge in [0.15, 0.2) is 0 Å². The molecule has 0 aliphatic rings. The van der Waals surface area contributed by atoms with Crippen molar-refractivity contribution in [2.75, 3.05) is 5.43 Å². The largest absolute Gasteiger partial charge is 0.433 e. The van der Waals surface area contributed by atoms with Crippen LogP contribution in [0, 0.1) is 24.0 Å². The number of nitrogens with one attached hydrogen (secondary N) is 1. The van der Waals surface area contributed by atoms with Crippen LogP contribution in [0.3, 0.4) is 0 Å². The number of nitrogens with two attached hydrogens (primary N) is 1. The van der Waals surface area contributed by atoms with Crippen molar-refractivity contribution in [3.8, 4) is 11.6 Å². The maximum atomic E-state index is 11.0. The topological polar surface area (TPSA) is 103 Å². The molecule has 104 valence electrons. The Balaban J connectivity index is 2.45. The number of aromatic nitrogens is 1. The van der Waals surface area contributed by atoms with Crippen LogP contribution in [0.15, 0.2) is 30.3 Å². The quantitative estimate of drug-likeness (QED) is 0.504. The van der Waals surface area contributed by atoms with Crippen LogP contribution >= 0.6 is 0 Å². The summed E-state index contributed by atoms with van der Waals surface area (Å²) in [5.41, 5.74) is 3.96. The summed E-state index contributed by atoms with van der Waals surface area (Å²) in [7, 11) is 0. The molecule has 2 aromatic rings. The molecule has 1 heterocycles. The average molecular weight is 274 g/mol. The molecule has 0 aliphatic heterocycles. The SMILES string of the molecule is Cc1ccc(C)c(Oc2nc(NN)ccc2[N+](=O)[O-])c1. The normalized spacial score (nSPS) is 10.2. The number of hydrazine groups is 1. The molecule has 0 bridgehead atoms. The molecule has 0 radical (unpaired) electrons. The number of benzene rings is 1. The van der Waals surface area contributed by atoms with E-state index < -0.39 is 4.92 Å². The first-order valence-corrected chi connectivity index (χ1v) is 5.88. The van der Waals surface area contributed by atoms with Gasteiger partial charge in [0.2, 0.25) is 0 Å². The first-order chi connectivity index (χ1) is 9.51. The number of ether oxygens (including phenoxy) is 1. The number of rotatable bonds is 4. The summed E-state index contributed by atoms with van der Waals surface area (Å²) in [5, 5.41) is 11.0. The van der Waals surface area contributed by atoms with E-state index in [9.17, 15) is 10.1 Å². The highest BCUT2D eigenvalue weighted by Crippen LogP contribution is 2.32. The molecule has 1 aromatic carbocycles. The standard InChI is InChI=1S/C13H14N4O3/c1-8-3-4-9(2)11(7-8)20-13-10(17(18)19)5-6-12(15-13)16-14/h3-7H,14H2,1-2H3,(H,15,16). The van der Waals surface area contributed by atoms with E-state index in [1.807, 2.05) is 26.0 Å². The van der Waals surface area contributed by atoms with Gasteiger partial charge in [0, 0.05) is 6.07 Å². The van der Waals surface area contributed by atoms with Crippen molar-refractivity contribution in [3.63, 3.8) is 0 Å². The minimum absolute atomic E-state index is 0.0980. The van der Waals surface area contributed by atoms with Gasteiger partial charge in [0.05, 0.1) is 4.92 Å². The first-order valence-electron chi connectivity index (χ1n) is 5.88. The number of pyridine rings is 1. The van der Waals surface area contributed by atoms with Crippen LogP contribution in [0.5, 0.6) is 11.6 Å². The van der Waals surface area contributed by atoms with Gasteiger partial charge in [-0.25, -0.2) is 5.84 Å². The molecular weight excluding hydrogens is 260 g/mol. The van der Waals surface area contributed by atoms with Gasteiger partial charge < -0.3 is 10.2 Å². The highest BCUT2D eigenvalue weighted by molar-refractivity contribution is 5.51. The van der Waals surface area contributed by atoms with Crippen molar-refractivity contribution in [1.82, 2.24) is 4.98 Å². The maximum absolute atomic E-state index is 11.0. The van der Waals surface area contributed by atoms with Gasteiger partial charge in [-0.05, 0) is 37.1 Å². The Hall–Kier alpha value is -2.67. The summed E-state index contributed by atoms with van der Waals surface area (Å²) in [6.07, 6.45) is 0. The monoisotopic (exact) mass is 274 g/mol. The lowest BCUT2D eigenvalue weighted by atomic mass is 10.1. The molecular formula is C13H14N4O3. The maximum Gasteiger partial charge on any atom is 0.331 e. The lowest BCUT2D eigenvalue weighted by molar-refractivity contribution is -0.386. The van der Waals surface area contributed by atoms with Crippen molar-refractivity contribution in [1.29, 1.82) is 0 Å². The Morgan fingerprint density at radius 1 is 1.30 bits per heavy atom. The van der Waals surface area contributed by atoms with Gasteiger partial charge in [-0.1, -0.05) is 12.1 Å². The zero-order chi connectivity index (χ0) is 14.7. The number of nitro groups is 1. The zero-order valence-electron chi connectivity index (χ0n) is 11.1. The summed E-state index contributed by atoms with van der Waals surface area (Å²) in [6, 6.07) is 8.31. The Kier molecular flexibility index (Phi) is 3.81. The Morgan fingerprint density at radius 3 is 2.70 bits per heavy atom. The fourth-order valence-corrected chi connectivity index (χ4v) is 1.65. The average Bonchev–Trinajstić information content (AvgIpc) is 2.42. The number of hydrogen-bond donors (Lipinski definition) is 2. The van der Waals surface area contributed by atoms with E-state index in [0.717, 1.165) is 11.1 Å². The summed E-state index contributed by atoms with van der Waals surface area (Å²) in [4.78, 5) is 14.4. The van der Waals surface area contributed by atoms with E-state index in [1.54, 1.807) is 6.07 Å². The molecule has 0 saturated heterocycles. The third kappa shape index (κ3) is 2.83. The van der Waals surface area contributed by atoms with Gasteiger partial charge in [0.1, 0.15) is 11.6 Å². The molecule has 0 fully saturated rings. The van der Waals surface area contributed by atoms with E-state index in [-0.39, 0.29) is 17.4 Å². The fourth-order valence-electron chi connectivity index (χ4n) is 1.65. The summed E-state index contributed by atoms with van der Waals surface area (Å²) >= 11 is 0. The predicted octanol–water partition coefficient (Wildman–Crippen LogP) is 2.68. The molecule has 7 nitrogen and oxygen atoms in total. The van der Waals surface area contributed by atoms with E-state index in [1.165, 1.54) is 12.1 Å². The van der Waals surface area contributed by atoms with Gasteiger partial charge in [-0.3, -0.25) is 10.1 Å². The Bertz CT molecular complexity index is 658. The lowest BCUT2D eigenvalue weighted by Gasteiger charge is -2.10. The van der Waals surface area contributed by atoms with Crippen LogP contribution < -0.4 is 16.0 Å². The van der Waals surface area contributed by atoms with E-state index >= 15 is 0 Å². The highest BCUT2D eigenvalue weighted by Gasteiger charge is 2.19. The van der Waals surface area contributed by atoms with E-state index in [2.05, 4.69) is 10.4 Å². The van der Waals surface area contributed by atoms with E-state index in [4.69, 9.17) is 10.6 Å². The van der Waals surface area contributed by atoms with Crippen LogP contribution in [0.4, 0.5) is 11.5 Å². The number of anilines is 1. The van der Waals surface area contributed by atoms with Crippen LogP contribution in [-0.2, 0) is 0 Å². The zero-order valence-corrected chi connectivity index (χ0v) is 11.1. The summed E-state index contributed by atoms with van der Waals surface area (Å²) in [5.74, 6) is 5.97. The molecule has 0 saturated carbocycles. The van der Waals surface area contributed by atoms with Crippen LogP contribution in [0.2, 0.25) is 0 Å². The number of aryl methyl sites for hydroxylation is 2. The molecule has 7 heteroatoms. The van der Waals surface area contributed by atoms with Gasteiger partial charge in [-0.15, -0.1) is 0 Å². The lowest BCUT2D eigenvalue weighted by Crippen LogP contribution is -2.09. The predicted molar refractivity (Wildman–Crippen MR) is 74.7 cm³/mol. The van der Waals surface area contributed by atoms with E-state index in [0.29, 0.717) is 5.75 Å². The highest BCUT2D eigenvalue weighted by atomic mass is 16.6. The molecule has 2 rings (SSSR count). The second kappa shape index (κ2) is 5.54.